The zero-order chi connectivity index (χ0) is 12.7. The van der Waals surface area contributed by atoms with Gasteiger partial charge in [0, 0.05) is 13.0 Å². The predicted octanol–water partition coefficient (Wildman–Crippen LogP) is 1.23. The first-order valence-electron chi connectivity index (χ1n) is 5.80. The average molecular weight is 236 g/mol. The van der Waals surface area contributed by atoms with E-state index in [0.717, 1.165) is 5.75 Å². The number of carbonyl (C=O) groups excluding carboxylic acids is 1. The molecule has 0 saturated heterocycles. The van der Waals surface area contributed by atoms with Crippen LogP contribution in [0.15, 0.2) is 24.3 Å². The first kappa shape index (κ1) is 13.5. The Kier molecular flexibility index (Phi) is 5.49. The van der Waals surface area contributed by atoms with E-state index in [0.29, 0.717) is 19.6 Å². The zero-order valence-corrected chi connectivity index (χ0v) is 10.4. The number of hydrogen-bond donors (Lipinski definition) is 2. The third-order valence-corrected chi connectivity index (χ3v) is 2.30. The molecule has 0 bridgehead atoms. The molecule has 0 fully saturated rings. The van der Waals surface area contributed by atoms with Crippen LogP contribution in [0.2, 0.25) is 0 Å². The highest BCUT2D eigenvalue weighted by Gasteiger charge is 2.06. The summed E-state index contributed by atoms with van der Waals surface area (Å²) in [6.45, 7) is 4.76. The lowest BCUT2D eigenvalue weighted by atomic mass is 10.2. The molecule has 0 heterocycles. The summed E-state index contributed by atoms with van der Waals surface area (Å²) in [5.41, 5.74) is 6.49. The van der Waals surface area contributed by atoms with E-state index in [4.69, 9.17) is 10.5 Å². The Morgan fingerprint density at radius 3 is 2.65 bits per heavy atom. The molecule has 1 aromatic carbocycles. The molecular weight excluding hydrogens is 216 g/mol. The van der Waals surface area contributed by atoms with Crippen molar-refractivity contribution in [3.8, 4) is 5.75 Å². The fraction of sp³-hybridized carbons (Fsp3) is 0.462. The van der Waals surface area contributed by atoms with Gasteiger partial charge in [-0.25, -0.2) is 0 Å². The highest BCUT2D eigenvalue weighted by molar-refractivity contribution is 5.76. The molecule has 3 N–H and O–H groups in total. The number of ether oxygens (including phenoxy) is 1. The lowest BCUT2D eigenvalue weighted by Crippen LogP contribution is -2.37. The number of benzene rings is 1. The molecule has 17 heavy (non-hydrogen) atoms. The van der Waals surface area contributed by atoms with Gasteiger partial charge < -0.3 is 15.8 Å². The Morgan fingerprint density at radius 2 is 2.06 bits per heavy atom. The van der Waals surface area contributed by atoms with Gasteiger partial charge in [-0.15, -0.1) is 0 Å². The standard InChI is InChI=1S/C13H20N2O2/c1-10-3-5-12(6-4-10)17-9-11(2)15-13(16)7-8-14/h3-6,11H,7-9,14H2,1-2H3,(H,15,16). The third kappa shape index (κ3) is 5.36. The van der Waals surface area contributed by atoms with Crippen LogP contribution in [0.5, 0.6) is 5.75 Å². The van der Waals surface area contributed by atoms with Crippen molar-refractivity contribution in [2.24, 2.45) is 5.73 Å². The molecular formula is C13H20N2O2. The molecule has 0 aliphatic carbocycles. The van der Waals surface area contributed by atoms with Crippen LogP contribution < -0.4 is 15.8 Å². The van der Waals surface area contributed by atoms with Crippen molar-refractivity contribution in [1.29, 1.82) is 0 Å². The van der Waals surface area contributed by atoms with Crippen LogP contribution in [-0.4, -0.2) is 25.1 Å². The van der Waals surface area contributed by atoms with Crippen LogP contribution in [0.3, 0.4) is 0 Å². The summed E-state index contributed by atoms with van der Waals surface area (Å²) in [5.74, 6) is 0.781. The minimum atomic E-state index is -0.0347. The van der Waals surface area contributed by atoms with Crippen molar-refractivity contribution in [2.75, 3.05) is 13.2 Å². The monoisotopic (exact) mass is 236 g/mol. The van der Waals surface area contributed by atoms with E-state index >= 15 is 0 Å². The second-order valence-electron chi connectivity index (χ2n) is 4.13. The normalized spacial score (nSPS) is 11.9. The van der Waals surface area contributed by atoms with E-state index in [1.54, 1.807) is 0 Å². The average Bonchev–Trinajstić information content (AvgIpc) is 2.28. The molecule has 1 amide bonds. The van der Waals surface area contributed by atoms with Gasteiger partial charge in [-0.05, 0) is 26.0 Å². The summed E-state index contributed by atoms with van der Waals surface area (Å²) < 4.78 is 5.56. The van der Waals surface area contributed by atoms with Gasteiger partial charge in [-0.2, -0.15) is 0 Å². The number of rotatable bonds is 6. The van der Waals surface area contributed by atoms with E-state index in [9.17, 15) is 4.79 Å². The van der Waals surface area contributed by atoms with Gasteiger partial charge in [0.15, 0.2) is 0 Å². The summed E-state index contributed by atoms with van der Waals surface area (Å²) in [6, 6.07) is 7.81. The summed E-state index contributed by atoms with van der Waals surface area (Å²) in [4.78, 5) is 11.3. The topological polar surface area (TPSA) is 64.3 Å². The first-order valence-corrected chi connectivity index (χ1v) is 5.80. The second kappa shape index (κ2) is 6.91. The fourth-order valence-corrected chi connectivity index (χ4v) is 1.38. The minimum Gasteiger partial charge on any atom is -0.491 e. The zero-order valence-electron chi connectivity index (χ0n) is 10.4. The quantitative estimate of drug-likeness (QED) is 0.780. The van der Waals surface area contributed by atoms with E-state index < -0.39 is 0 Å². The smallest absolute Gasteiger partial charge is 0.221 e. The SMILES string of the molecule is Cc1ccc(OCC(C)NC(=O)CCN)cc1. The summed E-state index contributed by atoms with van der Waals surface area (Å²) in [5, 5.41) is 2.82. The molecule has 4 nitrogen and oxygen atoms in total. The summed E-state index contributed by atoms with van der Waals surface area (Å²) in [6.07, 6.45) is 0.356. The predicted molar refractivity (Wildman–Crippen MR) is 68.0 cm³/mol. The minimum absolute atomic E-state index is 0.0182. The van der Waals surface area contributed by atoms with E-state index in [1.165, 1.54) is 5.56 Å². The Labute approximate surface area is 102 Å². The molecule has 0 aliphatic heterocycles. The third-order valence-electron chi connectivity index (χ3n) is 2.30. The van der Waals surface area contributed by atoms with Gasteiger partial charge in [0.2, 0.25) is 5.91 Å². The van der Waals surface area contributed by atoms with Crippen molar-refractivity contribution >= 4 is 5.91 Å². The van der Waals surface area contributed by atoms with E-state index in [1.807, 2.05) is 38.1 Å². The molecule has 0 aliphatic rings. The van der Waals surface area contributed by atoms with Crippen LogP contribution in [0.4, 0.5) is 0 Å². The number of carbonyl (C=O) groups is 1. The van der Waals surface area contributed by atoms with Gasteiger partial charge >= 0.3 is 0 Å². The van der Waals surface area contributed by atoms with Gasteiger partial charge in [-0.1, -0.05) is 17.7 Å². The van der Waals surface area contributed by atoms with Crippen molar-refractivity contribution < 1.29 is 9.53 Å². The number of hydrogen-bond acceptors (Lipinski definition) is 3. The second-order valence-corrected chi connectivity index (χ2v) is 4.13. The van der Waals surface area contributed by atoms with Gasteiger partial charge in [0.1, 0.15) is 12.4 Å². The first-order chi connectivity index (χ1) is 8.11. The van der Waals surface area contributed by atoms with Crippen LogP contribution >= 0.6 is 0 Å². The Hall–Kier alpha value is -1.55. The maximum atomic E-state index is 11.3. The highest BCUT2D eigenvalue weighted by Crippen LogP contribution is 2.11. The fourth-order valence-electron chi connectivity index (χ4n) is 1.38. The molecule has 1 rings (SSSR count). The highest BCUT2D eigenvalue weighted by atomic mass is 16.5. The molecule has 0 aromatic heterocycles. The van der Waals surface area contributed by atoms with Crippen LogP contribution in [0, 0.1) is 6.92 Å². The van der Waals surface area contributed by atoms with Crippen LogP contribution in [0.25, 0.3) is 0 Å². The van der Waals surface area contributed by atoms with Gasteiger partial charge in [0.05, 0.1) is 6.04 Å². The molecule has 0 spiro atoms. The molecule has 4 heteroatoms. The van der Waals surface area contributed by atoms with E-state index in [-0.39, 0.29) is 11.9 Å². The molecule has 0 saturated carbocycles. The van der Waals surface area contributed by atoms with Crippen molar-refractivity contribution in [2.45, 2.75) is 26.3 Å². The maximum Gasteiger partial charge on any atom is 0.221 e. The maximum absolute atomic E-state index is 11.3. The van der Waals surface area contributed by atoms with Crippen molar-refractivity contribution in [1.82, 2.24) is 5.32 Å². The Morgan fingerprint density at radius 1 is 1.41 bits per heavy atom. The summed E-state index contributed by atoms with van der Waals surface area (Å²) >= 11 is 0. The molecule has 1 atom stereocenters. The molecule has 1 aromatic rings. The number of nitrogens with two attached hydrogens (primary N) is 1. The number of nitrogens with one attached hydrogen (secondary N) is 1. The van der Waals surface area contributed by atoms with Gasteiger partial charge in [0.25, 0.3) is 0 Å². The summed E-state index contributed by atoms with van der Waals surface area (Å²) in [7, 11) is 0. The molecule has 94 valence electrons. The Bertz CT molecular complexity index is 349. The number of amides is 1. The lowest BCUT2D eigenvalue weighted by molar-refractivity contribution is -0.121. The van der Waals surface area contributed by atoms with Gasteiger partial charge in [-0.3, -0.25) is 4.79 Å². The van der Waals surface area contributed by atoms with Crippen molar-refractivity contribution in [3.05, 3.63) is 29.8 Å². The lowest BCUT2D eigenvalue weighted by Gasteiger charge is -2.14. The van der Waals surface area contributed by atoms with E-state index in [2.05, 4.69) is 5.32 Å². The number of aryl methyl sites for hydroxylation is 1. The Balaban J connectivity index is 2.30. The molecule has 1 unspecified atom stereocenters. The van der Waals surface area contributed by atoms with Crippen molar-refractivity contribution in [3.63, 3.8) is 0 Å². The largest absolute Gasteiger partial charge is 0.491 e. The van der Waals surface area contributed by atoms with Crippen LogP contribution in [-0.2, 0) is 4.79 Å². The van der Waals surface area contributed by atoms with Crippen LogP contribution in [0.1, 0.15) is 18.9 Å². The molecule has 0 radical (unpaired) electrons.